The molecule has 0 bridgehead atoms. The summed E-state index contributed by atoms with van der Waals surface area (Å²) in [5, 5.41) is 9.03. The van der Waals surface area contributed by atoms with E-state index in [4.69, 9.17) is 5.11 Å². The SMILES string of the molecule is CCc1nc2cc(CS(=O)[O-])ccc2n1-c1ccc(CCO)cc1. The number of imidazole rings is 1. The summed E-state index contributed by atoms with van der Waals surface area (Å²) in [6.45, 7) is 2.18. The molecule has 0 aliphatic carbocycles. The number of hydrogen-bond acceptors (Lipinski definition) is 4. The van der Waals surface area contributed by atoms with Crippen LogP contribution in [0.25, 0.3) is 16.7 Å². The van der Waals surface area contributed by atoms with Gasteiger partial charge in [0.25, 0.3) is 0 Å². The van der Waals surface area contributed by atoms with Crippen molar-refractivity contribution >= 4 is 22.1 Å². The van der Waals surface area contributed by atoms with Gasteiger partial charge < -0.3 is 9.66 Å². The molecule has 6 heteroatoms. The molecule has 1 atom stereocenters. The third kappa shape index (κ3) is 3.40. The fraction of sp³-hybridized carbons (Fsp3) is 0.278. The number of rotatable bonds is 6. The van der Waals surface area contributed by atoms with Gasteiger partial charge in [-0.1, -0.05) is 36.2 Å². The van der Waals surface area contributed by atoms with Crippen LogP contribution < -0.4 is 0 Å². The van der Waals surface area contributed by atoms with Crippen LogP contribution in [0.1, 0.15) is 23.9 Å². The molecule has 3 aromatic rings. The van der Waals surface area contributed by atoms with Crippen molar-refractivity contribution in [1.29, 1.82) is 0 Å². The molecule has 0 aliphatic rings. The summed E-state index contributed by atoms with van der Waals surface area (Å²) in [4.78, 5) is 4.66. The first-order valence-electron chi connectivity index (χ1n) is 7.88. The highest BCUT2D eigenvalue weighted by Crippen LogP contribution is 2.24. The minimum Gasteiger partial charge on any atom is -0.772 e. The van der Waals surface area contributed by atoms with Crippen LogP contribution in [-0.4, -0.2) is 30.0 Å². The Labute approximate surface area is 143 Å². The minimum absolute atomic E-state index is 0.000114. The highest BCUT2D eigenvalue weighted by molar-refractivity contribution is 7.78. The highest BCUT2D eigenvalue weighted by Gasteiger charge is 2.12. The van der Waals surface area contributed by atoms with Gasteiger partial charge in [-0.05, 0) is 41.8 Å². The van der Waals surface area contributed by atoms with Crippen LogP contribution in [0.2, 0.25) is 0 Å². The van der Waals surface area contributed by atoms with E-state index >= 15 is 0 Å². The summed E-state index contributed by atoms with van der Waals surface area (Å²) in [5.74, 6) is 0.931. The second-order valence-corrected chi connectivity index (χ2v) is 6.52. The van der Waals surface area contributed by atoms with E-state index in [1.807, 2.05) is 49.4 Å². The molecule has 0 saturated carbocycles. The molecule has 24 heavy (non-hydrogen) atoms. The Morgan fingerprint density at radius 1 is 1.17 bits per heavy atom. The summed E-state index contributed by atoms with van der Waals surface area (Å²) in [5.41, 5.74) is 4.60. The number of aliphatic hydroxyl groups excluding tert-OH is 1. The van der Waals surface area contributed by atoms with Crippen molar-refractivity contribution in [2.45, 2.75) is 25.5 Å². The van der Waals surface area contributed by atoms with Crippen molar-refractivity contribution < 1.29 is 13.9 Å². The van der Waals surface area contributed by atoms with Gasteiger partial charge in [-0.25, -0.2) is 4.98 Å². The predicted octanol–water partition coefficient (Wildman–Crippen LogP) is 2.50. The first kappa shape index (κ1) is 16.8. The van der Waals surface area contributed by atoms with Crippen LogP contribution in [0, 0.1) is 0 Å². The molecule has 0 fully saturated rings. The van der Waals surface area contributed by atoms with Crippen molar-refractivity contribution in [1.82, 2.24) is 9.55 Å². The number of hydrogen-bond donors (Lipinski definition) is 1. The van der Waals surface area contributed by atoms with E-state index in [0.29, 0.717) is 6.42 Å². The first-order valence-corrected chi connectivity index (χ1v) is 9.13. The van der Waals surface area contributed by atoms with Gasteiger partial charge in [-0.15, -0.1) is 0 Å². The number of fused-ring (bicyclic) bond motifs is 1. The minimum atomic E-state index is -2.11. The van der Waals surface area contributed by atoms with Gasteiger partial charge in [-0.3, -0.25) is 8.78 Å². The Balaban J connectivity index is 2.07. The van der Waals surface area contributed by atoms with Gasteiger partial charge in [0, 0.05) is 24.5 Å². The van der Waals surface area contributed by atoms with Gasteiger partial charge in [-0.2, -0.15) is 0 Å². The molecule has 0 amide bonds. The zero-order valence-electron chi connectivity index (χ0n) is 13.4. The standard InChI is InChI=1S/C18H20N2O3S/c1-2-18-19-16-11-14(12-24(22)23)5-8-17(16)20(18)15-6-3-13(4-7-15)9-10-21/h3-8,11,21H,2,9-10,12H2,1H3,(H,22,23)/p-1. The van der Waals surface area contributed by atoms with E-state index in [9.17, 15) is 8.76 Å². The molecule has 0 aliphatic heterocycles. The maximum absolute atomic E-state index is 10.9. The molecule has 1 unspecified atom stereocenters. The van der Waals surface area contributed by atoms with E-state index in [1.165, 1.54) is 0 Å². The van der Waals surface area contributed by atoms with E-state index in [-0.39, 0.29) is 12.4 Å². The number of nitrogens with zero attached hydrogens (tertiary/aromatic N) is 2. The van der Waals surface area contributed by atoms with E-state index in [0.717, 1.165) is 40.1 Å². The van der Waals surface area contributed by atoms with Gasteiger partial charge in [0.1, 0.15) is 5.82 Å². The Morgan fingerprint density at radius 3 is 2.50 bits per heavy atom. The zero-order chi connectivity index (χ0) is 17.1. The summed E-state index contributed by atoms with van der Waals surface area (Å²) in [6.07, 6.45) is 1.41. The number of aromatic nitrogens is 2. The zero-order valence-corrected chi connectivity index (χ0v) is 14.3. The molecule has 1 aromatic heterocycles. The second kappa shape index (κ2) is 7.25. The van der Waals surface area contributed by atoms with Gasteiger partial charge in [0.2, 0.25) is 0 Å². The van der Waals surface area contributed by atoms with Gasteiger partial charge in [0.05, 0.1) is 11.0 Å². The average molecular weight is 343 g/mol. The van der Waals surface area contributed by atoms with Crippen molar-refractivity contribution in [3.05, 3.63) is 59.4 Å². The lowest BCUT2D eigenvalue weighted by Gasteiger charge is -2.10. The molecule has 0 saturated heterocycles. The lowest BCUT2D eigenvalue weighted by atomic mass is 10.1. The van der Waals surface area contributed by atoms with Crippen molar-refractivity contribution in [2.24, 2.45) is 0 Å². The van der Waals surface area contributed by atoms with E-state index in [1.54, 1.807) is 0 Å². The summed E-state index contributed by atoms with van der Waals surface area (Å²) < 4.78 is 23.9. The Hall–Kier alpha value is -2.02. The summed E-state index contributed by atoms with van der Waals surface area (Å²) in [7, 11) is 0. The summed E-state index contributed by atoms with van der Waals surface area (Å²) >= 11 is -2.11. The molecular weight excluding hydrogens is 324 g/mol. The van der Waals surface area contributed by atoms with Crippen LogP contribution in [0.4, 0.5) is 0 Å². The molecule has 0 spiro atoms. The molecule has 2 aromatic carbocycles. The monoisotopic (exact) mass is 343 g/mol. The molecule has 126 valence electrons. The van der Waals surface area contributed by atoms with E-state index in [2.05, 4.69) is 9.55 Å². The van der Waals surface area contributed by atoms with Crippen molar-refractivity contribution in [3.63, 3.8) is 0 Å². The maximum Gasteiger partial charge on any atom is 0.114 e. The Bertz CT molecular complexity index is 872. The molecule has 3 rings (SSSR count). The number of aryl methyl sites for hydroxylation is 1. The second-order valence-electron chi connectivity index (χ2n) is 5.63. The predicted molar refractivity (Wildman–Crippen MR) is 93.9 cm³/mol. The van der Waals surface area contributed by atoms with Crippen LogP contribution in [-0.2, 0) is 29.7 Å². The van der Waals surface area contributed by atoms with Crippen LogP contribution in [0.15, 0.2) is 42.5 Å². The molecule has 1 heterocycles. The van der Waals surface area contributed by atoms with Gasteiger partial charge in [0.15, 0.2) is 0 Å². The van der Waals surface area contributed by atoms with E-state index < -0.39 is 11.1 Å². The number of benzene rings is 2. The molecular formula is C18H19N2O3S-. The van der Waals surface area contributed by atoms with Crippen LogP contribution in [0.3, 0.4) is 0 Å². The fourth-order valence-electron chi connectivity index (χ4n) is 2.87. The Morgan fingerprint density at radius 2 is 1.88 bits per heavy atom. The lowest BCUT2D eigenvalue weighted by Crippen LogP contribution is -2.00. The largest absolute Gasteiger partial charge is 0.772 e. The normalized spacial score (nSPS) is 12.6. The number of aliphatic hydroxyl groups is 1. The quantitative estimate of drug-likeness (QED) is 0.698. The topological polar surface area (TPSA) is 78.2 Å². The lowest BCUT2D eigenvalue weighted by molar-refractivity contribution is 0.299. The third-order valence-electron chi connectivity index (χ3n) is 3.98. The molecule has 5 nitrogen and oxygen atoms in total. The summed E-state index contributed by atoms with van der Waals surface area (Å²) in [6, 6.07) is 13.6. The highest BCUT2D eigenvalue weighted by atomic mass is 32.2. The van der Waals surface area contributed by atoms with Gasteiger partial charge >= 0.3 is 0 Å². The molecule has 1 N–H and O–H groups in total. The van der Waals surface area contributed by atoms with Crippen molar-refractivity contribution in [2.75, 3.05) is 6.61 Å². The third-order valence-corrected chi connectivity index (χ3v) is 4.55. The fourth-order valence-corrected chi connectivity index (χ4v) is 3.32. The van der Waals surface area contributed by atoms with Crippen LogP contribution in [0.5, 0.6) is 0 Å². The average Bonchev–Trinajstić information content (AvgIpc) is 2.93. The Kier molecular flexibility index (Phi) is 5.08. The van der Waals surface area contributed by atoms with Crippen molar-refractivity contribution in [3.8, 4) is 5.69 Å². The first-order chi connectivity index (χ1) is 11.6. The smallest absolute Gasteiger partial charge is 0.114 e. The maximum atomic E-state index is 10.9. The van der Waals surface area contributed by atoms with Crippen LogP contribution >= 0.6 is 0 Å². The molecule has 0 radical (unpaired) electrons.